The number of nitrogens with one attached hydrogen (secondary N) is 3. The Morgan fingerprint density at radius 3 is 2.10 bits per heavy atom. The number of carbonyl (C=O) groups is 7. The summed E-state index contributed by atoms with van der Waals surface area (Å²) in [6.07, 6.45) is 3.27. The van der Waals surface area contributed by atoms with Crippen molar-refractivity contribution in [3.8, 4) is 0 Å². The zero-order chi connectivity index (χ0) is 36.4. The molecule has 6 N–H and O–H groups in total. The Kier molecular flexibility index (Phi) is 13.8. The van der Waals surface area contributed by atoms with Gasteiger partial charge in [0.1, 0.15) is 12.1 Å². The van der Waals surface area contributed by atoms with E-state index in [9.17, 15) is 38.7 Å². The number of nitrogens with two attached hydrogens (primary N) is 1. The highest BCUT2D eigenvalue weighted by molar-refractivity contribution is 6.12. The SMILES string of the molecule is C/C(=C\CN(C)C(=O)C(NC(=O)[C@@H](N)C(C)(C)c1ccccc1)C(C)(C)C)C(=O)N[C@H](CCC(=O)NCCN1C(=O)C=CC1=O)C(=O)O. The molecule has 1 aromatic carbocycles. The van der Waals surface area contributed by atoms with Gasteiger partial charge in [0.2, 0.25) is 23.6 Å². The van der Waals surface area contributed by atoms with Crippen LogP contribution in [0.1, 0.15) is 59.9 Å². The zero-order valence-corrected chi connectivity index (χ0v) is 28.7. The molecule has 1 aliphatic heterocycles. The lowest BCUT2D eigenvalue weighted by molar-refractivity contribution is -0.142. The Morgan fingerprint density at radius 2 is 1.56 bits per heavy atom. The minimum atomic E-state index is -1.37. The van der Waals surface area contributed by atoms with Crippen molar-refractivity contribution in [3.63, 3.8) is 0 Å². The third-order valence-electron chi connectivity index (χ3n) is 8.20. The van der Waals surface area contributed by atoms with Crippen LogP contribution in [0.2, 0.25) is 0 Å². The highest BCUT2D eigenvalue weighted by atomic mass is 16.4. The lowest BCUT2D eigenvalue weighted by Gasteiger charge is -2.36. The van der Waals surface area contributed by atoms with Crippen LogP contribution >= 0.6 is 0 Å². The van der Waals surface area contributed by atoms with Gasteiger partial charge in [-0.25, -0.2) is 4.79 Å². The number of amides is 6. The van der Waals surface area contributed by atoms with Gasteiger partial charge < -0.3 is 31.7 Å². The molecular formula is C34H48N6O8. The van der Waals surface area contributed by atoms with Crippen LogP contribution < -0.4 is 21.7 Å². The number of carboxylic acid groups (broad SMARTS) is 1. The maximum Gasteiger partial charge on any atom is 0.326 e. The molecule has 0 bridgehead atoms. The Labute approximate surface area is 281 Å². The molecule has 14 nitrogen and oxygen atoms in total. The maximum absolute atomic E-state index is 13.5. The van der Waals surface area contributed by atoms with Crippen LogP contribution in [0.15, 0.2) is 54.1 Å². The number of hydrogen-bond acceptors (Lipinski definition) is 8. The third kappa shape index (κ3) is 10.9. The van der Waals surface area contributed by atoms with Gasteiger partial charge in [-0.05, 0) is 24.3 Å². The van der Waals surface area contributed by atoms with Crippen molar-refractivity contribution in [2.45, 2.75) is 77.9 Å². The van der Waals surface area contributed by atoms with E-state index in [2.05, 4.69) is 16.0 Å². The molecule has 48 heavy (non-hydrogen) atoms. The van der Waals surface area contributed by atoms with E-state index in [4.69, 9.17) is 5.73 Å². The maximum atomic E-state index is 13.5. The van der Waals surface area contributed by atoms with Gasteiger partial charge in [-0.2, -0.15) is 0 Å². The molecular weight excluding hydrogens is 620 g/mol. The van der Waals surface area contributed by atoms with Crippen LogP contribution in [0, 0.1) is 5.41 Å². The summed E-state index contributed by atoms with van der Waals surface area (Å²) in [4.78, 5) is 89.1. The minimum Gasteiger partial charge on any atom is -0.480 e. The molecule has 0 radical (unpaired) electrons. The molecule has 3 atom stereocenters. The fourth-order valence-corrected chi connectivity index (χ4v) is 4.78. The minimum absolute atomic E-state index is 0.00555. The smallest absolute Gasteiger partial charge is 0.326 e. The normalized spacial score (nSPS) is 15.4. The Hall–Kier alpha value is -4.85. The molecule has 14 heteroatoms. The van der Waals surface area contributed by atoms with Gasteiger partial charge in [-0.3, -0.25) is 33.7 Å². The number of carbonyl (C=O) groups excluding carboxylic acids is 6. The molecule has 1 heterocycles. The first-order chi connectivity index (χ1) is 22.3. The average molecular weight is 669 g/mol. The van der Waals surface area contributed by atoms with Gasteiger partial charge in [0.05, 0.1) is 6.04 Å². The summed E-state index contributed by atoms with van der Waals surface area (Å²) in [5.74, 6) is -4.41. The Bertz CT molecular complexity index is 1430. The number of hydrogen-bond donors (Lipinski definition) is 5. The van der Waals surface area contributed by atoms with Crippen LogP contribution in [-0.2, 0) is 39.0 Å². The van der Waals surface area contributed by atoms with Crippen molar-refractivity contribution in [2.75, 3.05) is 26.7 Å². The van der Waals surface area contributed by atoms with Crippen LogP contribution in [-0.4, -0.2) is 101 Å². The van der Waals surface area contributed by atoms with Crippen LogP contribution in [0.4, 0.5) is 0 Å². The first kappa shape index (κ1) is 39.3. The van der Waals surface area contributed by atoms with E-state index in [0.717, 1.165) is 22.6 Å². The number of aliphatic carboxylic acids is 1. The van der Waals surface area contributed by atoms with E-state index in [1.165, 1.54) is 24.9 Å². The first-order valence-electron chi connectivity index (χ1n) is 15.6. The second-order valence-electron chi connectivity index (χ2n) is 13.4. The summed E-state index contributed by atoms with van der Waals surface area (Å²) in [7, 11) is 1.52. The van der Waals surface area contributed by atoms with E-state index in [1.807, 2.05) is 65.0 Å². The number of imide groups is 1. The number of nitrogens with zero attached hydrogens (tertiary/aromatic N) is 2. The lowest BCUT2D eigenvalue weighted by atomic mass is 9.77. The van der Waals surface area contributed by atoms with Gasteiger partial charge >= 0.3 is 5.97 Å². The van der Waals surface area contributed by atoms with Gasteiger partial charge in [0, 0.05) is 56.2 Å². The van der Waals surface area contributed by atoms with Crippen molar-refractivity contribution in [3.05, 3.63) is 59.7 Å². The average Bonchev–Trinajstić information content (AvgIpc) is 3.35. The molecule has 2 rings (SSSR count). The fraction of sp³-hybridized carbons (Fsp3) is 0.500. The summed E-state index contributed by atoms with van der Waals surface area (Å²) >= 11 is 0. The molecule has 0 saturated carbocycles. The number of benzene rings is 1. The fourth-order valence-electron chi connectivity index (χ4n) is 4.78. The predicted molar refractivity (Wildman–Crippen MR) is 178 cm³/mol. The molecule has 6 amide bonds. The zero-order valence-electron chi connectivity index (χ0n) is 28.7. The molecule has 1 unspecified atom stereocenters. The molecule has 1 aromatic rings. The van der Waals surface area contributed by atoms with E-state index in [-0.39, 0.29) is 38.0 Å². The molecule has 0 aliphatic carbocycles. The molecule has 0 fully saturated rings. The highest BCUT2D eigenvalue weighted by Crippen LogP contribution is 2.27. The topological polar surface area (TPSA) is 208 Å². The van der Waals surface area contributed by atoms with Gasteiger partial charge in [0.25, 0.3) is 11.8 Å². The van der Waals surface area contributed by atoms with Crippen LogP contribution in [0.3, 0.4) is 0 Å². The molecule has 1 aliphatic rings. The second-order valence-corrected chi connectivity index (χ2v) is 13.4. The quantitative estimate of drug-likeness (QED) is 0.123. The van der Waals surface area contributed by atoms with E-state index >= 15 is 0 Å². The largest absolute Gasteiger partial charge is 0.480 e. The third-order valence-corrected chi connectivity index (χ3v) is 8.20. The van der Waals surface area contributed by atoms with Crippen molar-refractivity contribution >= 4 is 41.4 Å². The molecule has 0 saturated heterocycles. The van der Waals surface area contributed by atoms with Crippen molar-refractivity contribution in [1.29, 1.82) is 0 Å². The first-order valence-corrected chi connectivity index (χ1v) is 15.6. The van der Waals surface area contributed by atoms with Gasteiger partial charge in [-0.1, -0.05) is 71.0 Å². The van der Waals surface area contributed by atoms with E-state index in [0.29, 0.717) is 0 Å². The predicted octanol–water partition coefficient (Wildman–Crippen LogP) is 0.618. The van der Waals surface area contributed by atoms with Gasteiger partial charge in [0.15, 0.2) is 0 Å². The summed E-state index contributed by atoms with van der Waals surface area (Å²) in [6.45, 7) is 10.6. The van der Waals surface area contributed by atoms with Crippen LogP contribution in [0.25, 0.3) is 0 Å². The second kappa shape index (κ2) is 16.8. The number of carboxylic acids is 1. The Balaban J connectivity index is 1.95. The van der Waals surface area contributed by atoms with Gasteiger partial charge in [-0.15, -0.1) is 0 Å². The van der Waals surface area contributed by atoms with E-state index < -0.39 is 70.4 Å². The van der Waals surface area contributed by atoms with Crippen molar-refractivity contribution < 1.29 is 38.7 Å². The summed E-state index contributed by atoms with van der Waals surface area (Å²) in [5.41, 5.74) is 6.01. The summed E-state index contributed by atoms with van der Waals surface area (Å²) in [6, 6.07) is 6.11. The van der Waals surface area contributed by atoms with Crippen molar-refractivity contribution in [2.24, 2.45) is 11.1 Å². The standard InChI is InChI=1S/C34H48N6O8/c1-21(29(44)37-23(32(47)48)13-14-24(41)36-18-20-40-25(42)15-16-26(40)43)17-19-39(7)31(46)28(33(2,3)4)38-30(45)27(35)34(5,6)22-11-9-8-10-12-22/h8-12,15-17,23,27-28H,13-14,18-20,35H2,1-7H3,(H,36,41)(H,37,44)(H,38,45)(H,47,48)/b21-17+/t23-,27-,28?/m1/s1. The van der Waals surface area contributed by atoms with Crippen LogP contribution in [0.5, 0.6) is 0 Å². The molecule has 262 valence electrons. The Morgan fingerprint density at radius 1 is 0.979 bits per heavy atom. The van der Waals surface area contributed by atoms with Crippen molar-refractivity contribution in [1.82, 2.24) is 25.8 Å². The number of likely N-dealkylation sites (N-methyl/N-ethyl adjacent to an activating group) is 1. The monoisotopic (exact) mass is 668 g/mol. The highest BCUT2D eigenvalue weighted by Gasteiger charge is 2.39. The summed E-state index contributed by atoms with van der Waals surface area (Å²) < 4.78 is 0. The lowest BCUT2D eigenvalue weighted by Crippen LogP contribution is -2.60. The summed E-state index contributed by atoms with van der Waals surface area (Å²) in [5, 5.41) is 17.3. The van der Waals surface area contributed by atoms with E-state index in [1.54, 1.807) is 0 Å². The molecule has 0 spiro atoms. The number of rotatable bonds is 16. The molecule has 0 aromatic heterocycles.